The smallest absolute Gasteiger partial charge is 0.212 e. The summed E-state index contributed by atoms with van der Waals surface area (Å²) >= 11 is 5.43. The molecule has 16 heavy (non-hydrogen) atoms. The van der Waals surface area contributed by atoms with Crippen LogP contribution in [0.5, 0.6) is 0 Å². The van der Waals surface area contributed by atoms with Crippen LogP contribution in [0.2, 0.25) is 0 Å². The standard InChI is InChI=1S/C9H15ClN2O3S/c1-7-8(2)15-9(12-7)6-11-16(13,14)5-3-4-10/h11H,3-6H2,1-2H3. The van der Waals surface area contributed by atoms with Crippen molar-refractivity contribution in [1.82, 2.24) is 9.71 Å². The highest BCUT2D eigenvalue weighted by Crippen LogP contribution is 2.08. The predicted molar refractivity (Wildman–Crippen MR) is 61.9 cm³/mol. The van der Waals surface area contributed by atoms with Crippen LogP contribution in [0.3, 0.4) is 0 Å². The van der Waals surface area contributed by atoms with Crippen LogP contribution in [0.4, 0.5) is 0 Å². The summed E-state index contributed by atoms with van der Waals surface area (Å²) in [6.45, 7) is 3.68. The SMILES string of the molecule is Cc1nc(CNS(=O)(=O)CCCCl)oc1C. The molecule has 0 bridgehead atoms. The Hall–Kier alpha value is -0.590. The molecule has 0 unspecified atom stereocenters. The number of aromatic nitrogens is 1. The summed E-state index contributed by atoms with van der Waals surface area (Å²) in [5.74, 6) is 1.44. The fourth-order valence-electron chi connectivity index (χ4n) is 1.10. The third kappa shape index (κ3) is 4.11. The molecule has 1 heterocycles. The van der Waals surface area contributed by atoms with Crippen LogP contribution < -0.4 is 4.72 Å². The number of hydrogen-bond acceptors (Lipinski definition) is 4. The first-order valence-electron chi connectivity index (χ1n) is 4.91. The third-order valence-electron chi connectivity index (χ3n) is 2.06. The van der Waals surface area contributed by atoms with Crippen molar-refractivity contribution in [3.8, 4) is 0 Å². The second-order valence-corrected chi connectivity index (χ2v) is 5.74. The Bertz CT molecular complexity index is 422. The van der Waals surface area contributed by atoms with Gasteiger partial charge in [-0.05, 0) is 20.3 Å². The largest absolute Gasteiger partial charge is 0.444 e. The van der Waals surface area contributed by atoms with Crippen molar-refractivity contribution in [2.45, 2.75) is 26.8 Å². The maximum absolute atomic E-state index is 11.4. The molecule has 0 aliphatic carbocycles. The van der Waals surface area contributed by atoms with E-state index in [1.165, 1.54) is 0 Å². The fourth-order valence-corrected chi connectivity index (χ4v) is 2.41. The molecule has 1 N–H and O–H groups in total. The van der Waals surface area contributed by atoms with Crippen molar-refractivity contribution in [2.75, 3.05) is 11.6 Å². The summed E-state index contributed by atoms with van der Waals surface area (Å²) in [5, 5.41) is 0. The molecule has 0 aliphatic heterocycles. The summed E-state index contributed by atoms with van der Waals surface area (Å²) in [4.78, 5) is 4.07. The van der Waals surface area contributed by atoms with Gasteiger partial charge in [0.2, 0.25) is 15.9 Å². The molecule has 0 amide bonds. The summed E-state index contributed by atoms with van der Waals surface area (Å²) in [7, 11) is -3.28. The van der Waals surface area contributed by atoms with Crippen molar-refractivity contribution >= 4 is 21.6 Å². The minimum atomic E-state index is -3.28. The molecule has 0 atom stereocenters. The fraction of sp³-hybridized carbons (Fsp3) is 0.667. The number of oxazole rings is 1. The van der Waals surface area contributed by atoms with Gasteiger partial charge in [-0.15, -0.1) is 11.6 Å². The van der Waals surface area contributed by atoms with Crippen LogP contribution in [-0.2, 0) is 16.6 Å². The molecule has 7 heteroatoms. The molecule has 1 aromatic heterocycles. The first kappa shape index (κ1) is 13.5. The average molecular weight is 267 g/mol. The molecule has 0 aromatic carbocycles. The van der Waals surface area contributed by atoms with Gasteiger partial charge in [0.05, 0.1) is 18.0 Å². The van der Waals surface area contributed by atoms with Crippen LogP contribution in [0, 0.1) is 13.8 Å². The molecule has 1 rings (SSSR count). The number of rotatable bonds is 6. The van der Waals surface area contributed by atoms with Crippen LogP contribution >= 0.6 is 11.6 Å². The Morgan fingerprint density at radius 2 is 2.12 bits per heavy atom. The molecule has 0 saturated carbocycles. The molecular weight excluding hydrogens is 252 g/mol. The second-order valence-electron chi connectivity index (χ2n) is 3.43. The molecule has 0 radical (unpaired) electrons. The second kappa shape index (κ2) is 5.65. The van der Waals surface area contributed by atoms with Gasteiger partial charge in [0.1, 0.15) is 5.76 Å². The van der Waals surface area contributed by atoms with Gasteiger partial charge in [0, 0.05) is 5.88 Å². The Balaban J connectivity index is 2.51. The van der Waals surface area contributed by atoms with Crippen molar-refractivity contribution in [1.29, 1.82) is 0 Å². The highest BCUT2D eigenvalue weighted by Gasteiger charge is 2.12. The van der Waals surface area contributed by atoms with Crippen LogP contribution in [0.15, 0.2) is 4.42 Å². The van der Waals surface area contributed by atoms with Crippen LogP contribution in [0.25, 0.3) is 0 Å². The van der Waals surface area contributed by atoms with E-state index in [2.05, 4.69) is 9.71 Å². The normalized spacial score (nSPS) is 11.9. The van der Waals surface area contributed by atoms with E-state index in [1.807, 2.05) is 6.92 Å². The molecular formula is C9H15ClN2O3S. The first-order chi connectivity index (χ1) is 7.44. The lowest BCUT2D eigenvalue weighted by Gasteiger charge is -2.02. The molecule has 0 spiro atoms. The zero-order chi connectivity index (χ0) is 12.2. The van der Waals surface area contributed by atoms with Gasteiger partial charge in [-0.25, -0.2) is 18.1 Å². The van der Waals surface area contributed by atoms with Gasteiger partial charge >= 0.3 is 0 Å². The van der Waals surface area contributed by atoms with Crippen molar-refractivity contribution in [3.63, 3.8) is 0 Å². The van der Waals surface area contributed by atoms with Crippen LogP contribution in [0.1, 0.15) is 23.8 Å². The lowest BCUT2D eigenvalue weighted by molar-refractivity contribution is 0.463. The maximum Gasteiger partial charge on any atom is 0.212 e. The van der Waals surface area contributed by atoms with E-state index in [4.69, 9.17) is 16.0 Å². The monoisotopic (exact) mass is 266 g/mol. The predicted octanol–water partition coefficient (Wildman–Crippen LogP) is 1.34. The minimum absolute atomic E-state index is 0.0230. The summed E-state index contributed by atoms with van der Waals surface area (Å²) in [6.07, 6.45) is 0.431. The van der Waals surface area contributed by atoms with Gasteiger partial charge in [0.25, 0.3) is 0 Å². The van der Waals surface area contributed by atoms with Gasteiger partial charge in [-0.1, -0.05) is 0 Å². The van der Waals surface area contributed by atoms with Gasteiger partial charge in [-0.2, -0.15) is 0 Å². The topological polar surface area (TPSA) is 72.2 Å². The summed E-state index contributed by atoms with van der Waals surface area (Å²) in [5.41, 5.74) is 0.773. The lowest BCUT2D eigenvalue weighted by Crippen LogP contribution is -2.26. The Morgan fingerprint density at radius 3 is 2.62 bits per heavy atom. The van der Waals surface area contributed by atoms with Crippen molar-refractivity contribution in [3.05, 3.63) is 17.3 Å². The van der Waals surface area contributed by atoms with E-state index in [0.717, 1.165) is 5.69 Å². The quantitative estimate of drug-likeness (QED) is 0.789. The number of aryl methyl sites for hydroxylation is 2. The molecule has 92 valence electrons. The number of alkyl halides is 1. The highest BCUT2D eigenvalue weighted by molar-refractivity contribution is 7.89. The highest BCUT2D eigenvalue weighted by atomic mass is 35.5. The van der Waals surface area contributed by atoms with Crippen molar-refractivity contribution in [2.24, 2.45) is 0 Å². The zero-order valence-corrected chi connectivity index (χ0v) is 10.9. The number of halogens is 1. The van der Waals surface area contributed by atoms with Gasteiger partial charge in [0.15, 0.2) is 0 Å². The molecule has 5 nitrogen and oxygen atoms in total. The molecule has 1 aromatic rings. The Morgan fingerprint density at radius 1 is 1.44 bits per heavy atom. The Kier molecular flexibility index (Phi) is 4.76. The lowest BCUT2D eigenvalue weighted by atomic mass is 10.4. The van der Waals surface area contributed by atoms with Crippen molar-refractivity contribution < 1.29 is 12.8 Å². The summed E-state index contributed by atoms with van der Waals surface area (Å²) < 4.78 is 30.5. The van der Waals surface area contributed by atoms with Crippen LogP contribution in [-0.4, -0.2) is 25.0 Å². The van der Waals surface area contributed by atoms with E-state index >= 15 is 0 Å². The minimum Gasteiger partial charge on any atom is -0.444 e. The molecule has 0 fully saturated rings. The maximum atomic E-state index is 11.4. The Labute approximate surface area is 100 Å². The van der Waals surface area contributed by atoms with E-state index in [0.29, 0.717) is 24.0 Å². The number of nitrogens with zero attached hydrogens (tertiary/aromatic N) is 1. The molecule has 0 saturated heterocycles. The van der Waals surface area contributed by atoms with E-state index in [1.54, 1.807) is 6.92 Å². The number of nitrogens with one attached hydrogen (secondary N) is 1. The van der Waals surface area contributed by atoms with Gasteiger partial charge in [-0.3, -0.25) is 0 Å². The number of sulfonamides is 1. The summed E-state index contributed by atoms with van der Waals surface area (Å²) in [6, 6.07) is 0. The van der Waals surface area contributed by atoms with E-state index in [9.17, 15) is 8.42 Å². The molecule has 0 aliphatic rings. The zero-order valence-electron chi connectivity index (χ0n) is 9.29. The van der Waals surface area contributed by atoms with E-state index < -0.39 is 10.0 Å². The van der Waals surface area contributed by atoms with Gasteiger partial charge < -0.3 is 4.42 Å². The third-order valence-corrected chi connectivity index (χ3v) is 3.74. The first-order valence-corrected chi connectivity index (χ1v) is 7.09. The number of hydrogen-bond donors (Lipinski definition) is 1. The average Bonchev–Trinajstić information content (AvgIpc) is 2.53. The van der Waals surface area contributed by atoms with E-state index in [-0.39, 0.29) is 12.3 Å².